The predicted octanol–water partition coefficient (Wildman–Crippen LogP) is 3.61. The summed E-state index contributed by atoms with van der Waals surface area (Å²) in [6.45, 7) is 3.04. The monoisotopic (exact) mass is 360 g/mol. The van der Waals surface area contributed by atoms with E-state index in [4.69, 9.17) is 0 Å². The van der Waals surface area contributed by atoms with E-state index < -0.39 is 0 Å². The molecule has 2 rings (SSSR count). The fourth-order valence-corrected chi connectivity index (χ4v) is 3.20. The number of amides is 2. The van der Waals surface area contributed by atoms with Gasteiger partial charge in [-0.3, -0.25) is 9.59 Å². The van der Waals surface area contributed by atoms with Crippen LogP contribution in [0.1, 0.15) is 51.0 Å². The molecule has 4 nitrogen and oxygen atoms in total. The molecule has 0 fully saturated rings. The SMILES string of the molecule is CC(=O)N(CCC(=O)NCCc1ccccc1F)CCC1=CCCCC1. The second kappa shape index (κ2) is 10.7. The van der Waals surface area contributed by atoms with E-state index >= 15 is 0 Å². The Labute approximate surface area is 155 Å². The van der Waals surface area contributed by atoms with E-state index in [9.17, 15) is 14.0 Å². The summed E-state index contributed by atoms with van der Waals surface area (Å²) < 4.78 is 13.5. The Balaban J connectivity index is 1.68. The molecular weight excluding hydrogens is 331 g/mol. The summed E-state index contributed by atoms with van der Waals surface area (Å²) in [4.78, 5) is 25.5. The summed E-state index contributed by atoms with van der Waals surface area (Å²) in [6, 6.07) is 6.58. The summed E-state index contributed by atoms with van der Waals surface area (Å²) >= 11 is 0. The molecular formula is C21H29FN2O2. The van der Waals surface area contributed by atoms with Crippen molar-refractivity contribution < 1.29 is 14.0 Å². The van der Waals surface area contributed by atoms with Crippen molar-refractivity contribution in [2.45, 2.75) is 51.9 Å². The third-order valence-corrected chi connectivity index (χ3v) is 4.82. The van der Waals surface area contributed by atoms with Crippen LogP contribution in [0.2, 0.25) is 0 Å². The van der Waals surface area contributed by atoms with Gasteiger partial charge in [0.05, 0.1) is 0 Å². The van der Waals surface area contributed by atoms with Gasteiger partial charge in [-0.15, -0.1) is 0 Å². The van der Waals surface area contributed by atoms with Crippen molar-refractivity contribution in [3.05, 3.63) is 47.3 Å². The van der Waals surface area contributed by atoms with Gasteiger partial charge in [0.1, 0.15) is 5.82 Å². The van der Waals surface area contributed by atoms with Crippen LogP contribution in [0.15, 0.2) is 35.9 Å². The van der Waals surface area contributed by atoms with Crippen LogP contribution in [0.5, 0.6) is 0 Å². The third-order valence-electron chi connectivity index (χ3n) is 4.82. The minimum atomic E-state index is -0.249. The topological polar surface area (TPSA) is 49.4 Å². The van der Waals surface area contributed by atoms with Gasteiger partial charge in [-0.2, -0.15) is 0 Å². The van der Waals surface area contributed by atoms with E-state index in [1.165, 1.54) is 24.5 Å². The number of carbonyl (C=O) groups is 2. The van der Waals surface area contributed by atoms with E-state index in [1.807, 2.05) is 0 Å². The van der Waals surface area contributed by atoms with E-state index in [-0.39, 0.29) is 24.1 Å². The molecule has 0 spiro atoms. The average Bonchev–Trinajstić information content (AvgIpc) is 2.64. The van der Waals surface area contributed by atoms with Gasteiger partial charge >= 0.3 is 0 Å². The molecule has 0 aliphatic heterocycles. The van der Waals surface area contributed by atoms with Crippen LogP contribution in [0, 0.1) is 5.82 Å². The fraction of sp³-hybridized carbons (Fsp3) is 0.524. The molecule has 1 N–H and O–H groups in total. The fourth-order valence-electron chi connectivity index (χ4n) is 3.20. The molecule has 26 heavy (non-hydrogen) atoms. The summed E-state index contributed by atoms with van der Waals surface area (Å²) in [7, 11) is 0. The molecule has 5 heteroatoms. The number of nitrogens with zero attached hydrogens (tertiary/aromatic N) is 1. The van der Waals surface area contributed by atoms with Crippen molar-refractivity contribution >= 4 is 11.8 Å². The number of hydrogen-bond donors (Lipinski definition) is 1. The van der Waals surface area contributed by atoms with Gasteiger partial charge < -0.3 is 10.2 Å². The van der Waals surface area contributed by atoms with E-state index in [1.54, 1.807) is 30.0 Å². The molecule has 0 saturated carbocycles. The van der Waals surface area contributed by atoms with Gasteiger partial charge in [0.15, 0.2) is 0 Å². The minimum Gasteiger partial charge on any atom is -0.356 e. The van der Waals surface area contributed by atoms with Crippen molar-refractivity contribution in [1.29, 1.82) is 0 Å². The Kier molecular flexibility index (Phi) is 8.32. The predicted molar refractivity (Wildman–Crippen MR) is 101 cm³/mol. The first-order chi connectivity index (χ1) is 12.6. The van der Waals surface area contributed by atoms with Crippen LogP contribution in [-0.2, 0) is 16.0 Å². The van der Waals surface area contributed by atoms with E-state index in [2.05, 4.69) is 11.4 Å². The standard InChI is InChI=1S/C21H29FN2O2/c1-17(25)24(15-12-18-7-3-2-4-8-18)16-13-21(26)23-14-11-19-9-5-6-10-20(19)22/h5-7,9-10H,2-4,8,11-16H2,1H3,(H,23,26). The second-order valence-electron chi connectivity index (χ2n) is 6.81. The lowest BCUT2D eigenvalue weighted by Gasteiger charge is -2.22. The quantitative estimate of drug-likeness (QED) is 0.684. The number of nitrogens with one attached hydrogen (secondary N) is 1. The smallest absolute Gasteiger partial charge is 0.221 e. The summed E-state index contributed by atoms with van der Waals surface area (Å²) in [5.41, 5.74) is 2.02. The van der Waals surface area contributed by atoms with Crippen LogP contribution < -0.4 is 5.32 Å². The normalized spacial score (nSPS) is 13.8. The number of hydrogen-bond acceptors (Lipinski definition) is 2. The first kappa shape index (κ1) is 20.1. The van der Waals surface area contributed by atoms with Crippen LogP contribution in [-0.4, -0.2) is 36.3 Å². The molecule has 0 aromatic heterocycles. The molecule has 142 valence electrons. The highest BCUT2D eigenvalue weighted by Crippen LogP contribution is 2.20. The van der Waals surface area contributed by atoms with Crippen LogP contribution in [0.25, 0.3) is 0 Å². The van der Waals surface area contributed by atoms with Gasteiger partial charge in [0.2, 0.25) is 11.8 Å². The molecule has 0 unspecified atom stereocenters. The molecule has 1 aromatic rings. The van der Waals surface area contributed by atoms with Crippen molar-refractivity contribution in [2.24, 2.45) is 0 Å². The van der Waals surface area contributed by atoms with E-state index in [0.717, 1.165) is 19.3 Å². The zero-order valence-electron chi connectivity index (χ0n) is 15.6. The number of allylic oxidation sites excluding steroid dienone is 1. The first-order valence-electron chi connectivity index (χ1n) is 9.50. The molecule has 1 aliphatic rings. The minimum absolute atomic E-state index is 0.000524. The molecule has 0 saturated heterocycles. The molecule has 0 heterocycles. The van der Waals surface area contributed by atoms with Crippen LogP contribution in [0.4, 0.5) is 4.39 Å². The van der Waals surface area contributed by atoms with Crippen molar-refractivity contribution in [3.63, 3.8) is 0 Å². The maximum absolute atomic E-state index is 13.5. The number of carbonyl (C=O) groups excluding carboxylic acids is 2. The average molecular weight is 360 g/mol. The molecule has 1 aromatic carbocycles. The Bertz CT molecular complexity index is 643. The Morgan fingerprint density at radius 1 is 1.15 bits per heavy atom. The number of rotatable bonds is 9. The van der Waals surface area contributed by atoms with Gasteiger partial charge in [-0.05, 0) is 50.2 Å². The number of halogens is 1. The first-order valence-corrected chi connectivity index (χ1v) is 9.50. The van der Waals surface area contributed by atoms with Gasteiger partial charge in [-0.1, -0.05) is 29.8 Å². The highest BCUT2D eigenvalue weighted by atomic mass is 19.1. The van der Waals surface area contributed by atoms with Crippen molar-refractivity contribution in [3.8, 4) is 0 Å². The summed E-state index contributed by atoms with van der Waals surface area (Å²) in [5, 5.41) is 2.80. The maximum Gasteiger partial charge on any atom is 0.221 e. The van der Waals surface area contributed by atoms with Crippen LogP contribution in [0.3, 0.4) is 0 Å². The maximum atomic E-state index is 13.5. The number of benzene rings is 1. The van der Waals surface area contributed by atoms with Crippen LogP contribution >= 0.6 is 0 Å². The lowest BCUT2D eigenvalue weighted by Crippen LogP contribution is -2.35. The van der Waals surface area contributed by atoms with Crippen molar-refractivity contribution in [1.82, 2.24) is 10.2 Å². The Morgan fingerprint density at radius 3 is 2.65 bits per heavy atom. The summed E-state index contributed by atoms with van der Waals surface area (Å²) in [6.07, 6.45) is 8.68. The largest absolute Gasteiger partial charge is 0.356 e. The van der Waals surface area contributed by atoms with Crippen molar-refractivity contribution in [2.75, 3.05) is 19.6 Å². The Morgan fingerprint density at radius 2 is 1.96 bits per heavy atom. The Hall–Kier alpha value is -2.17. The summed E-state index contributed by atoms with van der Waals surface area (Å²) in [5.74, 6) is -0.355. The molecule has 1 aliphatic carbocycles. The van der Waals surface area contributed by atoms with E-state index in [0.29, 0.717) is 31.6 Å². The molecule has 2 amide bonds. The highest BCUT2D eigenvalue weighted by Gasteiger charge is 2.13. The van der Waals surface area contributed by atoms with Gasteiger partial charge in [0, 0.05) is 33.0 Å². The van der Waals surface area contributed by atoms with Gasteiger partial charge in [0.25, 0.3) is 0 Å². The van der Waals surface area contributed by atoms with Gasteiger partial charge in [-0.25, -0.2) is 4.39 Å². The lowest BCUT2D eigenvalue weighted by molar-refractivity contribution is -0.129. The third kappa shape index (κ3) is 6.98. The molecule has 0 radical (unpaired) electrons. The molecule has 0 bridgehead atoms. The zero-order chi connectivity index (χ0) is 18.8. The highest BCUT2D eigenvalue weighted by molar-refractivity contribution is 5.78. The molecule has 0 atom stereocenters. The zero-order valence-corrected chi connectivity index (χ0v) is 15.6. The second-order valence-corrected chi connectivity index (χ2v) is 6.81. The lowest BCUT2D eigenvalue weighted by atomic mass is 9.97.